The van der Waals surface area contributed by atoms with Crippen LogP contribution in [-0.2, 0) is 6.42 Å². The summed E-state index contributed by atoms with van der Waals surface area (Å²) < 4.78 is 0. The molecular formula is C17H25NO2. The first kappa shape index (κ1) is 15.0. The second-order valence-electron chi connectivity index (χ2n) is 6.09. The fourth-order valence-electron chi connectivity index (χ4n) is 3.00. The molecule has 20 heavy (non-hydrogen) atoms. The molecule has 1 aromatic carbocycles. The minimum atomic E-state index is -0.426. The van der Waals surface area contributed by atoms with E-state index in [0.717, 1.165) is 43.2 Å². The zero-order valence-corrected chi connectivity index (χ0v) is 12.5. The van der Waals surface area contributed by atoms with Crippen LogP contribution in [0.1, 0.15) is 55.5 Å². The van der Waals surface area contributed by atoms with E-state index in [1.807, 2.05) is 24.3 Å². The lowest BCUT2D eigenvalue weighted by molar-refractivity contribution is 0.0716. The SMILES string of the molecule is CCc1ccccc1C(=O)NC1(CO)CCC(C)CC1. The topological polar surface area (TPSA) is 49.3 Å². The summed E-state index contributed by atoms with van der Waals surface area (Å²) in [5, 5.41) is 12.8. The van der Waals surface area contributed by atoms with Crippen molar-refractivity contribution >= 4 is 5.91 Å². The van der Waals surface area contributed by atoms with Gasteiger partial charge in [-0.3, -0.25) is 4.79 Å². The van der Waals surface area contributed by atoms with Gasteiger partial charge in [0.2, 0.25) is 0 Å². The van der Waals surface area contributed by atoms with Crippen LogP contribution in [0.4, 0.5) is 0 Å². The van der Waals surface area contributed by atoms with E-state index in [4.69, 9.17) is 0 Å². The van der Waals surface area contributed by atoms with Gasteiger partial charge in [-0.15, -0.1) is 0 Å². The third-order valence-electron chi connectivity index (χ3n) is 4.56. The van der Waals surface area contributed by atoms with E-state index < -0.39 is 5.54 Å². The molecule has 0 aliphatic heterocycles. The summed E-state index contributed by atoms with van der Waals surface area (Å²) >= 11 is 0. The van der Waals surface area contributed by atoms with Crippen molar-refractivity contribution in [1.29, 1.82) is 0 Å². The third kappa shape index (κ3) is 3.21. The third-order valence-corrected chi connectivity index (χ3v) is 4.56. The largest absolute Gasteiger partial charge is 0.394 e. The van der Waals surface area contributed by atoms with Gasteiger partial charge < -0.3 is 10.4 Å². The summed E-state index contributed by atoms with van der Waals surface area (Å²) in [5.41, 5.74) is 1.37. The van der Waals surface area contributed by atoms with Crippen molar-refractivity contribution in [1.82, 2.24) is 5.32 Å². The summed E-state index contributed by atoms with van der Waals surface area (Å²) in [5.74, 6) is 0.639. The molecule has 1 aromatic rings. The number of benzene rings is 1. The lowest BCUT2D eigenvalue weighted by Gasteiger charge is -2.38. The number of hydrogen-bond donors (Lipinski definition) is 2. The maximum atomic E-state index is 12.5. The van der Waals surface area contributed by atoms with Crippen molar-refractivity contribution in [2.24, 2.45) is 5.92 Å². The second-order valence-corrected chi connectivity index (χ2v) is 6.09. The Kier molecular flexibility index (Phi) is 4.81. The molecule has 1 saturated carbocycles. The molecule has 0 heterocycles. The van der Waals surface area contributed by atoms with Gasteiger partial charge in [-0.05, 0) is 49.7 Å². The standard InChI is InChI=1S/C17H25NO2/c1-3-14-6-4-5-7-15(14)16(20)18-17(12-19)10-8-13(2)9-11-17/h4-7,13,19H,3,8-12H2,1-2H3,(H,18,20). The van der Waals surface area contributed by atoms with E-state index in [1.54, 1.807) is 0 Å². The van der Waals surface area contributed by atoms with Crippen molar-refractivity contribution in [3.05, 3.63) is 35.4 Å². The van der Waals surface area contributed by atoms with Crippen molar-refractivity contribution < 1.29 is 9.90 Å². The van der Waals surface area contributed by atoms with Crippen LogP contribution in [-0.4, -0.2) is 23.2 Å². The molecule has 3 heteroatoms. The van der Waals surface area contributed by atoms with Crippen LogP contribution in [0.25, 0.3) is 0 Å². The molecule has 2 rings (SSSR count). The number of aryl methyl sites for hydroxylation is 1. The molecule has 1 aliphatic rings. The summed E-state index contributed by atoms with van der Waals surface area (Å²) in [6.07, 6.45) is 4.70. The van der Waals surface area contributed by atoms with Gasteiger partial charge in [-0.1, -0.05) is 32.0 Å². The molecular weight excluding hydrogens is 250 g/mol. The highest BCUT2D eigenvalue weighted by Crippen LogP contribution is 2.32. The molecule has 0 radical (unpaired) electrons. The van der Waals surface area contributed by atoms with Crippen LogP contribution in [0, 0.1) is 5.92 Å². The van der Waals surface area contributed by atoms with Crippen LogP contribution in [0.5, 0.6) is 0 Å². The van der Waals surface area contributed by atoms with Gasteiger partial charge in [0.25, 0.3) is 5.91 Å². The molecule has 0 atom stereocenters. The Bertz CT molecular complexity index is 462. The number of aliphatic hydroxyl groups excluding tert-OH is 1. The van der Waals surface area contributed by atoms with Gasteiger partial charge in [0, 0.05) is 5.56 Å². The zero-order valence-electron chi connectivity index (χ0n) is 12.5. The van der Waals surface area contributed by atoms with Gasteiger partial charge in [-0.2, -0.15) is 0 Å². The number of amides is 1. The average molecular weight is 275 g/mol. The molecule has 2 N–H and O–H groups in total. The molecule has 0 bridgehead atoms. The quantitative estimate of drug-likeness (QED) is 0.887. The maximum Gasteiger partial charge on any atom is 0.252 e. The maximum absolute atomic E-state index is 12.5. The van der Waals surface area contributed by atoms with Crippen molar-refractivity contribution in [3.63, 3.8) is 0 Å². The number of carbonyl (C=O) groups excluding carboxylic acids is 1. The summed E-state index contributed by atoms with van der Waals surface area (Å²) in [4.78, 5) is 12.5. The van der Waals surface area contributed by atoms with Gasteiger partial charge >= 0.3 is 0 Å². The highest BCUT2D eigenvalue weighted by Gasteiger charge is 2.35. The fraction of sp³-hybridized carbons (Fsp3) is 0.588. The Morgan fingerprint density at radius 3 is 2.60 bits per heavy atom. The molecule has 110 valence electrons. The Labute approximate surface area is 121 Å². The van der Waals surface area contributed by atoms with E-state index in [-0.39, 0.29) is 12.5 Å². The summed E-state index contributed by atoms with van der Waals surface area (Å²) in [7, 11) is 0. The first-order chi connectivity index (χ1) is 9.60. The number of aliphatic hydroxyl groups is 1. The molecule has 0 spiro atoms. The highest BCUT2D eigenvalue weighted by atomic mass is 16.3. The molecule has 1 aliphatic carbocycles. The lowest BCUT2D eigenvalue weighted by atomic mass is 9.77. The molecule has 3 nitrogen and oxygen atoms in total. The Hall–Kier alpha value is -1.35. The number of carbonyl (C=O) groups is 1. The van der Waals surface area contributed by atoms with Crippen LogP contribution < -0.4 is 5.32 Å². The van der Waals surface area contributed by atoms with Crippen molar-refractivity contribution in [2.45, 2.75) is 51.5 Å². The first-order valence-corrected chi connectivity index (χ1v) is 7.61. The Balaban J connectivity index is 2.13. The van der Waals surface area contributed by atoms with E-state index in [2.05, 4.69) is 19.2 Å². The zero-order chi connectivity index (χ0) is 14.6. The second kappa shape index (κ2) is 6.40. The van der Waals surface area contributed by atoms with Crippen LogP contribution in [0.3, 0.4) is 0 Å². The number of hydrogen-bond acceptors (Lipinski definition) is 2. The molecule has 1 fully saturated rings. The van der Waals surface area contributed by atoms with Crippen LogP contribution >= 0.6 is 0 Å². The smallest absolute Gasteiger partial charge is 0.252 e. The van der Waals surface area contributed by atoms with E-state index in [1.165, 1.54) is 0 Å². The van der Waals surface area contributed by atoms with Crippen molar-refractivity contribution in [3.8, 4) is 0 Å². The number of nitrogens with one attached hydrogen (secondary N) is 1. The predicted octanol–water partition coefficient (Wildman–Crippen LogP) is 2.92. The monoisotopic (exact) mass is 275 g/mol. The van der Waals surface area contributed by atoms with Gasteiger partial charge in [0.15, 0.2) is 0 Å². The summed E-state index contributed by atoms with van der Waals surface area (Å²) in [6, 6.07) is 7.70. The van der Waals surface area contributed by atoms with Gasteiger partial charge in [0.1, 0.15) is 0 Å². The minimum Gasteiger partial charge on any atom is -0.394 e. The Morgan fingerprint density at radius 1 is 1.35 bits per heavy atom. The molecule has 0 saturated heterocycles. The highest BCUT2D eigenvalue weighted by molar-refractivity contribution is 5.96. The summed E-state index contributed by atoms with van der Waals surface area (Å²) in [6.45, 7) is 4.31. The van der Waals surface area contributed by atoms with E-state index in [0.29, 0.717) is 5.92 Å². The minimum absolute atomic E-state index is 0.0275. The normalized spacial score (nSPS) is 26.2. The van der Waals surface area contributed by atoms with Crippen molar-refractivity contribution in [2.75, 3.05) is 6.61 Å². The van der Waals surface area contributed by atoms with Gasteiger partial charge in [-0.25, -0.2) is 0 Å². The van der Waals surface area contributed by atoms with Crippen LogP contribution in [0.2, 0.25) is 0 Å². The molecule has 1 amide bonds. The average Bonchev–Trinajstić information content (AvgIpc) is 2.49. The molecule has 0 unspecified atom stereocenters. The van der Waals surface area contributed by atoms with Gasteiger partial charge in [0.05, 0.1) is 12.1 Å². The fourth-order valence-corrected chi connectivity index (χ4v) is 3.00. The predicted molar refractivity (Wildman–Crippen MR) is 80.7 cm³/mol. The lowest BCUT2D eigenvalue weighted by Crippen LogP contribution is -2.53. The first-order valence-electron chi connectivity index (χ1n) is 7.61. The molecule has 0 aromatic heterocycles. The Morgan fingerprint density at radius 2 is 2.00 bits per heavy atom. The van der Waals surface area contributed by atoms with Crippen LogP contribution in [0.15, 0.2) is 24.3 Å². The van der Waals surface area contributed by atoms with E-state index in [9.17, 15) is 9.90 Å². The van der Waals surface area contributed by atoms with E-state index >= 15 is 0 Å². The number of rotatable bonds is 4.